The number of amides is 1. The fourth-order valence-electron chi connectivity index (χ4n) is 1.02. The van der Waals surface area contributed by atoms with Crippen LogP contribution in [0.1, 0.15) is 0 Å². The summed E-state index contributed by atoms with van der Waals surface area (Å²) in [5.41, 5.74) is 6.05. The molecule has 7 heteroatoms. The molecule has 1 rings (SSSR count). The topological polar surface area (TPSA) is 86.5 Å². The smallest absolute Gasteiger partial charge is 0.251 e. The molecule has 0 saturated carbocycles. The molecule has 0 aliphatic carbocycles. The molecule has 1 amide bonds. The van der Waals surface area contributed by atoms with Crippen LogP contribution in [0, 0.1) is 0 Å². The zero-order valence-electron chi connectivity index (χ0n) is 9.40. The van der Waals surface area contributed by atoms with Crippen LogP contribution in [-0.4, -0.2) is 37.8 Å². The summed E-state index contributed by atoms with van der Waals surface area (Å²) in [6.07, 6.45) is 1.46. The highest BCUT2D eigenvalue weighted by Crippen LogP contribution is 2.21. The number of nitrogen functional groups attached to an aromatic ring is 1. The average Bonchev–Trinajstić information content (AvgIpc) is 2.28. The lowest BCUT2D eigenvalue weighted by atomic mass is 10.4. The van der Waals surface area contributed by atoms with Gasteiger partial charge in [-0.15, -0.1) is 0 Å². The molecule has 0 aromatic carbocycles. The quantitative estimate of drug-likeness (QED) is 0.767. The second-order valence-electron chi connectivity index (χ2n) is 3.19. The molecule has 1 heterocycles. The van der Waals surface area contributed by atoms with Crippen molar-refractivity contribution in [3.05, 3.63) is 16.7 Å². The minimum absolute atomic E-state index is 0.0398. The zero-order valence-corrected chi connectivity index (χ0v) is 11.0. The number of methoxy groups -OCH3 is 1. The predicted molar refractivity (Wildman–Crippen MR) is 67.7 cm³/mol. The lowest BCUT2D eigenvalue weighted by Gasteiger charge is -2.07. The molecule has 0 atom stereocenters. The second kappa shape index (κ2) is 7.21. The van der Waals surface area contributed by atoms with Gasteiger partial charge in [0.15, 0.2) is 0 Å². The highest BCUT2D eigenvalue weighted by molar-refractivity contribution is 9.10. The van der Waals surface area contributed by atoms with Gasteiger partial charge in [0.05, 0.1) is 29.6 Å². The molecule has 0 radical (unpaired) electrons. The Morgan fingerprint density at radius 1 is 1.59 bits per heavy atom. The highest BCUT2D eigenvalue weighted by Gasteiger charge is 2.07. The van der Waals surface area contributed by atoms with Crippen LogP contribution in [0.15, 0.2) is 16.7 Å². The third-order valence-corrected chi connectivity index (χ3v) is 2.39. The van der Waals surface area contributed by atoms with Crippen molar-refractivity contribution in [2.45, 2.75) is 0 Å². The monoisotopic (exact) mass is 303 g/mol. The maximum Gasteiger partial charge on any atom is 0.251 e. The fraction of sp³-hybridized carbons (Fsp3) is 0.400. The van der Waals surface area contributed by atoms with Gasteiger partial charge >= 0.3 is 0 Å². The van der Waals surface area contributed by atoms with Crippen molar-refractivity contribution in [2.75, 3.05) is 38.0 Å². The summed E-state index contributed by atoms with van der Waals surface area (Å²) in [5, 5.41) is 2.60. The molecule has 0 saturated heterocycles. The first-order valence-corrected chi connectivity index (χ1v) is 5.70. The molecule has 1 aromatic heterocycles. The van der Waals surface area contributed by atoms with E-state index in [0.29, 0.717) is 29.2 Å². The molecule has 0 aliphatic heterocycles. The van der Waals surface area contributed by atoms with Gasteiger partial charge in [0.1, 0.15) is 12.4 Å². The van der Waals surface area contributed by atoms with E-state index < -0.39 is 0 Å². The predicted octanol–water partition coefficient (Wildman–Crippen LogP) is 1.03. The average molecular weight is 304 g/mol. The summed E-state index contributed by atoms with van der Waals surface area (Å²) in [7, 11) is 1.57. The van der Waals surface area contributed by atoms with Gasteiger partial charge in [0, 0.05) is 7.11 Å². The van der Waals surface area contributed by atoms with Gasteiger partial charge in [-0.05, 0) is 22.0 Å². The third kappa shape index (κ3) is 5.12. The van der Waals surface area contributed by atoms with Gasteiger partial charge in [0.2, 0.25) is 0 Å². The SMILES string of the molecule is COCCOCC(=O)Nc1ncc(N)cc1Br. The van der Waals surface area contributed by atoms with Crippen molar-refractivity contribution in [2.24, 2.45) is 0 Å². The van der Waals surface area contributed by atoms with E-state index in [1.165, 1.54) is 6.20 Å². The van der Waals surface area contributed by atoms with Gasteiger partial charge in [-0.1, -0.05) is 0 Å². The first kappa shape index (κ1) is 13.9. The fourth-order valence-corrected chi connectivity index (χ4v) is 1.49. The lowest BCUT2D eigenvalue weighted by molar-refractivity contribution is -0.121. The lowest BCUT2D eigenvalue weighted by Crippen LogP contribution is -2.20. The molecule has 0 unspecified atom stereocenters. The number of nitrogens with one attached hydrogen (secondary N) is 1. The number of rotatable bonds is 6. The Labute approximate surface area is 108 Å². The molecule has 0 spiro atoms. The van der Waals surface area contributed by atoms with Crippen molar-refractivity contribution in [3.63, 3.8) is 0 Å². The van der Waals surface area contributed by atoms with Crippen LogP contribution in [-0.2, 0) is 14.3 Å². The van der Waals surface area contributed by atoms with E-state index in [-0.39, 0.29) is 12.5 Å². The molecule has 3 N–H and O–H groups in total. The Morgan fingerprint density at radius 3 is 3.00 bits per heavy atom. The van der Waals surface area contributed by atoms with Crippen LogP contribution in [0.5, 0.6) is 0 Å². The molecule has 94 valence electrons. The number of nitrogens with two attached hydrogens (primary N) is 1. The van der Waals surface area contributed by atoms with Gasteiger partial charge in [0.25, 0.3) is 5.91 Å². The summed E-state index contributed by atoms with van der Waals surface area (Å²) >= 11 is 3.25. The number of carbonyl (C=O) groups excluding carboxylic acids is 1. The van der Waals surface area contributed by atoms with Crippen LogP contribution in [0.25, 0.3) is 0 Å². The molecule has 0 aliphatic rings. The van der Waals surface area contributed by atoms with Crippen LogP contribution < -0.4 is 11.1 Å². The number of halogens is 1. The number of nitrogens with zero attached hydrogens (tertiary/aromatic N) is 1. The van der Waals surface area contributed by atoms with Crippen LogP contribution in [0.4, 0.5) is 11.5 Å². The Hall–Kier alpha value is -1.18. The number of ether oxygens (including phenoxy) is 2. The minimum Gasteiger partial charge on any atom is -0.397 e. The van der Waals surface area contributed by atoms with Gasteiger partial charge < -0.3 is 20.5 Å². The number of anilines is 2. The number of carbonyl (C=O) groups is 1. The number of aromatic nitrogens is 1. The third-order valence-electron chi connectivity index (χ3n) is 1.79. The van der Waals surface area contributed by atoms with E-state index in [4.69, 9.17) is 15.2 Å². The standard InChI is InChI=1S/C10H14BrN3O3/c1-16-2-3-17-6-9(15)14-10-8(11)4-7(12)5-13-10/h4-5H,2-3,6,12H2,1H3,(H,13,14,15). The number of pyridine rings is 1. The molecule has 6 nitrogen and oxygen atoms in total. The van der Waals surface area contributed by atoms with Crippen molar-refractivity contribution >= 4 is 33.3 Å². The molecular formula is C10H14BrN3O3. The van der Waals surface area contributed by atoms with Crippen molar-refractivity contribution in [1.82, 2.24) is 4.98 Å². The van der Waals surface area contributed by atoms with E-state index in [1.807, 2.05) is 0 Å². The summed E-state index contributed by atoms with van der Waals surface area (Å²) in [4.78, 5) is 15.4. The molecule has 17 heavy (non-hydrogen) atoms. The summed E-state index contributed by atoms with van der Waals surface area (Å²) in [6.45, 7) is 0.791. The normalized spacial score (nSPS) is 10.2. The van der Waals surface area contributed by atoms with E-state index >= 15 is 0 Å². The summed E-state index contributed by atoms with van der Waals surface area (Å²) in [5.74, 6) is 0.138. The number of hydrogen-bond acceptors (Lipinski definition) is 5. The van der Waals surface area contributed by atoms with E-state index in [1.54, 1.807) is 13.2 Å². The Balaban J connectivity index is 2.40. The van der Waals surface area contributed by atoms with E-state index in [2.05, 4.69) is 26.2 Å². The van der Waals surface area contributed by atoms with Gasteiger partial charge in [-0.2, -0.15) is 0 Å². The van der Waals surface area contributed by atoms with Crippen LogP contribution >= 0.6 is 15.9 Å². The maximum atomic E-state index is 11.4. The first-order chi connectivity index (χ1) is 8.13. The van der Waals surface area contributed by atoms with E-state index in [0.717, 1.165) is 0 Å². The van der Waals surface area contributed by atoms with Gasteiger partial charge in [-0.25, -0.2) is 4.98 Å². The molecule has 1 aromatic rings. The molecule has 0 bridgehead atoms. The highest BCUT2D eigenvalue weighted by atomic mass is 79.9. The zero-order chi connectivity index (χ0) is 12.7. The Kier molecular flexibility index (Phi) is 5.88. The number of hydrogen-bond donors (Lipinski definition) is 2. The Morgan fingerprint density at radius 2 is 2.35 bits per heavy atom. The summed E-state index contributed by atoms with van der Waals surface area (Å²) in [6, 6.07) is 1.66. The minimum atomic E-state index is -0.279. The van der Waals surface area contributed by atoms with Gasteiger partial charge in [-0.3, -0.25) is 4.79 Å². The van der Waals surface area contributed by atoms with E-state index in [9.17, 15) is 4.79 Å². The van der Waals surface area contributed by atoms with Crippen LogP contribution in [0.3, 0.4) is 0 Å². The van der Waals surface area contributed by atoms with Crippen molar-refractivity contribution < 1.29 is 14.3 Å². The second-order valence-corrected chi connectivity index (χ2v) is 4.05. The first-order valence-electron chi connectivity index (χ1n) is 4.91. The summed E-state index contributed by atoms with van der Waals surface area (Å²) < 4.78 is 10.5. The molecule has 0 fully saturated rings. The van der Waals surface area contributed by atoms with Crippen LogP contribution in [0.2, 0.25) is 0 Å². The largest absolute Gasteiger partial charge is 0.397 e. The maximum absolute atomic E-state index is 11.4. The van der Waals surface area contributed by atoms with Crippen molar-refractivity contribution in [1.29, 1.82) is 0 Å². The molecular weight excluding hydrogens is 290 g/mol. The van der Waals surface area contributed by atoms with Crippen molar-refractivity contribution in [3.8, 4) is 0 Å². The Bertz CT molecular complexity index is 387.